The highest BCUT2D eigenvalue weighted by molar-refractivity contribution is 7.80. The molecule has 0 heterocycles. The third kappa shape index (κ3) is 4.86. The molecule has 0 aliphatic heterocycles. The van der Waals surface area contributed by atoms with Crippen molar-refractivity contribution in [2.45, 2.75) is 13.3 Å². The molecule has 0 bridgehead atoms. The average Bonchev–Trinajstić information content (AvgIpc) is 2.45. The summed E-state index contributed by atoms with van der Waals surface area (Å²) in [7, 11) is 1.81. The molecule has 0 aliphatic rings. The number of esters is 1. The van der Waals surface area contributed by atoms with Crippen LogP contribution in [0.3, 0.4) is 0 Å². The zero-order valence-corrected chi connectivity index (χ0v) is 12.4. The Labute approximate surface area is 124 Å². The maximum absolute atomic E-state index is 11.6. The fourth-order valence-corrected chi connectivity index (χ4v) is 1.69. The molecule has 1 aromatic carbocycles. The maximum atomic E-state index is 11.6. The lowest BCUT2D eigenvalue weighted by atomic mass is 10.2. The fraction of sp³-hybridized carbons (Fsp3) is 0.357. The highest BCUT2D eigenvalue weighted by Crippen LogP contribution is 2.12. The monoisotopic (exact) mass is 291 g/mol. The summed E-state index contributed by atoms with van der Waals surface area (Å²) in [5.74, 6) is -0.361. The first-order valence-corrected chi connectivity index (χ1v) is 6.65. The normalized spacial score (nSPS) is 9.45. The van der Waals surface area contributed by atoms with Gasteiger partial charge in [0.2, 0.25) is 0 Å². The van der Waals surface area contributed by atoms with Crippen LogP contribution in [0.25, 0.3) is 0 Å². The van der Waals surface area contributed by atoms with Crippen molar-refractivity contribution < 1.29 is 9.53 Å². The summed E-state index contributed by atoms with van der Waals surface area (Å²) in [5, 5.41) is 12.1. The Morgan fingerprint density at radius 3 is 2.95 bits per heavy atom. The summed E-state index contributed by atoms with van der Waals surface area (Å²) in [5.41, 5.74) is 1.18. The van der Waals surface area contributed by atoms with Gasteiger partial charge >= 0.3 is 5.97 Å². The number of hydrogen-bond donors (Lipinski definition) is 1. The van der Waals surface area contributed by atoms with Crippen LogP contribution in [-0.2, 0) is 4.74 Å². The Morgan fingerprint density at radius 1 is 1.55 bits per heavy atom. The van der Waals surface area contributed by atoms with Crippen molar-refractivity contribution in [3.05, 3.63) is 29.8 Å². The van der Waals surface area contributed by atoms with Gasteiger partial charge in [-0.3, -0.25) is 0 Å². The number of nitriles is 1. The highest BCUT2D eigenvalue weighted by Gasteiger charge is 2.08. The molecule has 5 nitrogen and oxygen atoms in total. The molecule has 0 aromatic heterocycles. The number of hydrogen-bond acceptors (Lipinski definition) is 4. The Hall–Kier alpha value is -2.13. The Kier molecular flexibility index (Phi) is 6.47. The fourth-order valence-electron chi connectivity index (χ4n) is 1.48. The van der Waals surface area contributed by atoms with Crippen LogP contribution in [0.4, 0.5) is 5.69 Å². The lowest BCUT2D eigenvalue weighted by Crippen LogP contribution is -2.31. The van der Waals surface area contributed by atoms with Crippen LogP contribution in [0.5, 0.6) is 0 Å². The molecule has 20 heavy (non-hydrogen) atoms. The summed E-state index contributed by atoms with van der Waals surface area (Å²) >= 11 is 5.22. The van der Waals surface area contributed by atoms with Crippen LogP contribution < -0.4 is 5.32 Å². The third-order valence-electron chi connectivity index (χ3n) is 2.53. The van der Waals surface area contributed by atoms with Crippen LogP contribution in [0.1, 0.15) is 23.7 Å². The van der Waals surface area contributed by atoms with Crippen LogP contribution in [-0.4, -0.2) is 36.2 Å². The van der Waals surface area contributed by atoms with Crippen molar-refractivity contribution >= 4 is 29.0 Å². The zero-order valence-electron chi connectivity index (χ0n) is 11.5. The number of benzene rings is 1. The van der Waals surface area contributed by atoms with Gasteiger partial charge in [-0.2, -0.15) is 5.26 Å². The number of carbonyl (C=O) groups is 1. The zero-order chi connectivity index (χ0) is 15.0. The van der Waals surface area contributed by atoms with Crippen LogP contribution in [0, 0.1) is 11.3 Å². The number of ether oxygens (including phenoxy) is 1. The van der Waals surface area contributed by atoms with E-state index in [0.717, 1.165) is 0 Å². The van der Waals surface area contributed by atoms with E-state index in [9.17, 15) is 4.79 Å². The van der Waals surface area contributed by atoms with Crippen LogP contribution in [0.15, 0.2) is 24.3 Å². The van der Waals surface area contributed by atoms with Gasteiger partial charge in [-0.1, -0.05) is 6.07 Å². The molecule has 0 saturated carbocycles. The standard InChI is InChI=1S/C14H17N3O2S/c1-3-19-13(18)11-6-4-7-12(10-11)16-14(20)17(2)9-5-8-15/h4,6-7,10H,3,5,9H2,1-2H3,(H,16,20). The average molecular weight is 291 g/mol. The molecule has 0 amide bonds. The van der Waals surface area contributed by atoms with Gasteiger partial charge in [0.05, 0.1) is 24.7 Å². The number of thiocarbonyl (C=S) groups is 1. The van der Waals surface area contributed by atoms with Gasteiger partial charge < -0.3 is 15.0 Å². The predicted octanol–water partition coefficient (Wildman–Crippen LogP) is 2.41. The van der Waals surface area contributed by atoms with Gasteiger partial charge in [0.1, 0.15) is 0 Å². The molecule has 6 heteroatoms. The topological polar surface area (TPSA) is 65.4 Å². The Morgan fingerprint density at radius 2 is 2.30 bits per heavy atom. The van der Waals surface area contributed by atoms with Gasteiger partial charge in [0.15, 0.2) is 5.11 Å². The summed E-state index contributed by atoms with van der Waals surface area (Å²) in [4.78, 5) is 13.4. The lowest BCUT2D eigenvalue weighted by molar-refractivity contribution is 0.0526. The first-order valence-electron chi connectivity index (χ1n) is 6.24. The summed E-state index contributed by atoms with van der Waals surface area (Å²) in [6, 6.07) is 9.00. The molecule has 0 unspecified atom stereocenters. The van der Waals surface area contributed by atoms with Crippen molar-refractivity contribution in [1.82, 2.24) is 4.90 Å². The van der Waals surface area contributed by atoms with Crippen molar-refractivity contribution in [2.24, 2.45) is 0 Å². The van der Waals surface area contributed by atoms with Gasteiger partial charge in [0.25, 0.3) is 0 Å². The molecule has 0 atom stereocenters. The molecule has 0 spiro atoms. The van der Waals surface area contributed by atoms with Crippen LogP contribution >= 0.6 is 12.2 Å². The summed E-state index contributed by atoms with van der Waals surface area (Å²) < 4.78 is 4.94. The Balaban J connectivity index is 2.69. The van der Waals surface area contributed by atoms with Crippen LogP contribution in [0.2, 0.25) is 0 Å². The number of anilines is 1. The van der Waals surface area contributed by atoms with E-state index in [2.05, 4.69) is 11.4 Å². The molecule has 1 aromatic rings. The quantitative estimate of drug-likeness (QED) is 0.664. The Bertz CT molecular complexity index is 525. The number of rotatable bonds is 5. The lowest BCUT2D eigenvalue weighted by Gasteiger charge is -2.19. The van der Waals surface area contributed by atoms with E-state index in [1.54, 1.807) is 30.0 Å². The van der Waals surface area contributed by atoms with E-state index in [1.807, 2.05) is 13.1 Å². The van der Waals surface area contributed by atoms with Gasteiger partial charge in [-0.25, -0.2) is 4.79 Å². The van der Waals surface area contributed by atoms with Crippen molar-refractivity contribution in [3.63, 3.8) is 0 Å². The van der Waals surface area contributed by atoms with E-state index in [0.29, 0.717) is 35.9 Å². The molecule has 106 valence electrons. The first-order chi connectivity index (χ1) is 9.58. The molecule has 0 radical (unpaired) electrons. The third-order valence-corrected chi connectivity index (χ3v) is 2.94. The smallest absolute Gasteiger partial charge is 0.338 e. The number of nitrogens with one attached hydrogen (secondary N) is 1. The molecule has 0 aliphatic carbocycles. The number of carbonyl (C=O) groups excluding carboxylic acids is 1. The van der Waals surface area contributed by atoms with E-state index in [-0.39, 0.29) is 5.97 Å². The van der Waals surface area contributed by atoms with Crippen molar-refractivity contribution in [1.29, 1.82) is 5.26 Å². The van der Waals surface area contributed by atoms with Gasteiger partial charge in [0, 0.05) is 19.3 Å². The van der Waals surface area contributed by atoms with Gasteiger partial charge in [-0.05, 0) is 37.3 Å². The second kappa shape index (κ2) is 8.12. The second-order valence-electron chi connectivity index (χ2n) is 4.06. The summed E-state index contributed by atoms with van der Waals surface area (Å²) in [6.45, 7) is 2.66. The van der Waals surface area contributed by atoms with E-state index in [4.69, 9.17) is 22.2 Å². The van der Waals surface area contributed by atoms with Gasteiger partial charge in [-0.15, -0.1) is 0 Å². The maximum Gasteiger partial charge on any atom is 0.338 e. The molecule has 1 rings (SSSR count). The molecule has 0 fully saturated rings. The molecular formula is C14H17N3O2S. The van der Waals surface area contributed by atoms with Crippen molar-refractivity contribution in [2.75, 3.05) is 25.5 Å². The first kappa shape index (κ1) is 15.9. The van der Waals surface area contributed by atoms with Crippen molar-refractivity contribution in [3.8, 4) is 6.07 Å². The minimum absolute atomic E-state index is 0.339. The molecule has 0 saturated heterocycles. The predicted molar refractivity (Wildman–Crippen MR) is 81.5 cm³/mol. The summed E-state index contributed by atoms with van der Waals surface area (Å²) in [6.07, 6.45) is 0.404. The van der Waals surface area contributed by atoms with E-state index < -0.39 is 0 Å². The largest absolute Gasteiger partial charge is 0.462 e. The molecule has 1 N–H and O–H groups in total. The minimum atomic E-state index is -0.361. The number of nitrogens with zero attached hydrogens (tertiary/aromatic N) is 2. The van der Waals surface area contributed by atoms with E-state index in [1.165, 1.54) is 0 Å². The SMILES string of the molecule is CCOC(=O)c1cccc(NC(=S)N(C)CCC#N)c1. The second-order valence-corrected chi connectivity index (χ2v) is 4.45. The highest BCUT2D eigenvalue weighted by atomic mass is 32.1. The van der Waals surface area contributed by atoms with E-state index >= 15 is 0 Å². The molecular weight excluding hydrogens is 274 g/mol. The minimum Gasteiger partial charge on any atom is -0.462 e.